The van der Waals surface area contributed by atoms with Crippen molar-refractivity contribution in [2.24, 2.45) is 5.73 Å². The number of fused-ring (bicyclic) bond motifs is 1. The Labute approximate surface area is 113 Å². The van der Waals surface area contributed by atoms with Crippen molar-refractivity contribution in [1.82, 2.24) is 5.32 Å². The van der Waals surface area contributed by atoms with Gasteiger partial charge in [0.1, 0.15) is 0 Å². The maximum Gasteiger partial charge on any atom is 0.0389 e. The Morgan fingerprint density at radius 3 is 2.78 bits per heavy atom. The van der Waals surface area contributed by atoms with E-state index in [1.54, 1.807) is 0 Å². The third kappa shape index (κ3) is 2.91. The van der Waals surface area contributed by atoms with Gasteiger partial charge in [0.25, 0.3) is 0 Å². The van der Waals surface area contributed by atoms with Gasteiger partial charge in [-0.3, -0.25) is 0 Å². The molecule has 2 nitrogen and oxygen atoms in total. The van der Waals surface area contributed by atoms with Crippen LogP contribution in [0.5, 0.6) is 0 Å². The molecule has 3 heteroatoms. The summed E-state index contributed by atoms with van der Waals surface area (Å²) in [7, 11) is 0. The minimum atomic E-state index is 0.431. The number of hydrogen-bond donors (Lipinski definition) is 2. The highest BCUT2D eigenvalue weighted by molar-refractivity contribution is 7.19. The van der Waals surface area contributed by atoms with E-state index in [4.69, 9.17) is 5.73 Å². The van der Waals surface area contributed by atoms with Gasteiger partial charge in [0.2, 0.25) is 0 Å². The minimum absolute atomic E-state index is 0.431. The summed E-state index contributed by atoms with van der Waals surface area (Å²) in [6, 6.07) is 9.08. The van der Waals surface area contributed by atoms with Gasteiger partial charge >= 0.3 is 0 Å². The molecule has 1 aromatic heterocycles. The lowest BCUT2D eigenvalue weighted by molar-refractivity contribution is 0.553. The molecule has 3 N–H and O–H groups in total. The van der Waals surface area contributed by atoms with Gasteiger partial charge in [0.15, 0.2) is 0 Å². The molecule has 1 aromatic carbocycles. The van der Waals surface area contributed by atoms with Crippen LogP contribution < -0.4 is 11.1 Å². The second-order valence-corrected chi connectivity index (χ2v) is 5.84. The van der Waals surface area contributed by atoms with Crippen LogP contribution in [0.15, 0.2) is 24.3 Å². The molecule has 0 aliphatic heterocycles. The summed E-state index contributed by atoms with van der Waals surface area (Å²) < 4.78 is 1.39. The molecule has 2 aromatic rings. The van der Waals surface area contributed by atoms with Crippen molar-refractivity contribution in [2.45, 2.75) is 32.7 Å². The SMILES string of the molecule is Cc1c(C(C)NCCCCN)sc2ccccc12. The topological polar surface area (TPSA) is 38.0 Å². The Morgan fingerprint density at radius 2 is 2.06 bits per heavy atom. The second-order valence-electron chi connectivity index (χ2n) is 4.76. The van der Waals surface area contributed by atoms with Crippen LogP contribution in [0.4, 0.5) is 0 Å². The smallest absolute Gasteiger partial charge is 0.0389 e. The zero-order valence-electron chi connectivity index (χ0n) is 11.2. The van der Waals surface area contributed by atoms with Crippen molar-refractivity contribution < 1.29 is 0 Å². The van der Waals surface area contributed by atoms with Crippen LogP contribution in [0.1, 0.15) is 36.2 Å². The Morgan fingerprint density at radius 1 is 1.28 bits per heavy atom. The van der Waals surface area contributed by atoms with Gasteiger partial charge in [-0.15, -0.1) is 11.3 Å². The normalized spacial score (nSPS) is 13.1. The number of thiophene rings is 1. The van der Waals surface area contributed by atoms with Crippen molar-refractivity contribution in [3.8, 4) is 0 Å². The summed E-state index contributed by atoms with van der Waals surface area (Å²) in [5, 5.41) is 4.99. The molecule has 0 bridgehead atoms. The zero-order chi connectivity index (χ0) is 13.0. The van der Waals surface area contributed by atoms with Gasteiger partial charge in [-0.05, 0) is 56.8 Å². The van der Waals surface area contributed by atoms with Gasteiger partial charge in [-0.25, -0.2) is 0 Å². The van der Waals surface area contributed by atoms with Gasteiger partial charge in [0, 0.05) is 15.6 Å². The van der Waals surface area contributed by atoms with Crippen LogP contribution in [0.3, 0.4) is 0 Å². The number of hydrogen-bond acceptors (Lipinski definition) is 3. The van der Waals surface area contributed by atoms with Crippen LogP contribution in [-0.2, 0) is 0 Å². The van der Waals surface area contributed by atoms with Crippen LogP contribution >= 0.6 is 11.3 Å². The van der Waals surface area contributed by atoms with E-state index in [2.05, 4.69) is 43.4 Å². The van der Waals surface area contributed by atoms with Crippen molar-refractivity contribution in [3.63, 3.8) is 0 Å². The molecule has 0 aliphatic carbocycles. The molecule has 98 valence electrons. The Balaban J connectivity index is 2.08. The lowest BCUT2D eigenvalue weighted by atomic mass is 10.1. The summed E-state index contributed by atoms with van der Waals surface area (Å²) in [4.78, 5) is 1.46. The van der Waals surface area contributed by atoms with Crippen molar-refractivity contribution in [2.75, 3.05) is 13.1 Å². The highest BCUT2D eigenvalue weighted by Gasteiger charge is 2.13. The number of nitrogens with two attached hydrogens (primary N) is 1. The van der Waals surface area contributed by atoms with Gasteiger partial charge in [-0.2, -0.15) is 0 Å². The molecule has 1 unspecified atom stereocenters. The van der Waals surface area contributed by atoms with E-state index in [1.165, 1.54) is 20.5 Å². The first kappa shape index (κ1) is 13.5. The molecule has 1 atom stereocenters. The van der Waals surface area contributed by atoms with E-state index >= 15 is 0 Å². The number of rotatable bonds is 6. The number of nitrogens with one attached hydrogen (secondary N) is 1. The quantitative estimate of drug-likeness (QED) is 0.781. The van der Waals surface area contributed by atoms with Crippen LogP contribution in [0.2, 0.25) is 0 Å². The monoisotopic (exact) mass is 262 g/mol. The van der Waals surface area contributed by atoms with Crippen molar-refractivity contribution in [3.05, 3.63) is 34.7 Å². The Kier molecular flexibility index (Phi) is 4.75. The van der Waals surface area contributed by atoms with Gasteiger partial charge < -0.3 is 11.1 Å². The molecule has 0 spiro atoms. The predicted octanol–water partition coefficient (Wildman–Crippen LogP) is 3.60. The average Bonchev–Trinajstić information content (AvgIpc) is 2.73. The highest BCUT2D eigenvalue weighted by atomic mass is 32.1. The molecule has 18 heavy (non-hydrogen) atoms. The predicted molar refractivity (Wildman–Crippen MR) is 81.3 cm³/mol. The maximum absolute atomic E-state index is 5.51. The number of aryl methyl sites for hydroxylation is 1. The molecule has 0 radical (unpaired) electrons. The van der Waals surface area contributed by atoms with E-state index in [-0.39, 0.29) is 0 Å². The third-order valence-corrected chi connectivity index (χ3v) is 4.81. The van der Waals surface area contributed by atoms with E-state index in [1.807, 2.05) is 11.3 Å². The molecule has 0 saturated carbocycles. The summed E-state index contributed by atoms with van der Waals surface area (Å²) in [5.74, 6) is 0. The van der Waals surface area contributed by atoms with Crippen LogP contribution in [-0.4, -0.2) is 13.1 Å². The fourth-order valence-electron chi connectivity index (χ4n) is 2.29. The van der Waals surface area contributed by atoms with E-state index < -0.39 is 0 Å². The summed E-state index contributed by atoms with van der Waals surface area (Å²) in [6.07, 6.45) is 2.26. The summed E-state index contributed by atoms with van der Waals surface area (Å²) in [6.45, 7) is 6.32. The van der Waals surface area contributed by atoms with Gasteiger partial charge in [-0.1, -0.05) is 18.2 Å². The largest absolute Gasteiger partial charge is 0.330 e. The molecule has 1 heterocycles. The molecule has 0 saturated heterocycles. The fraction of sp³-hybridized carbons (Fsp3) is 0.467. The lowest BCUT2D eigenvalue weighted by Crippen LogP contribution is -2.20. The average molecular weight is 262 g/mol. The van der Waals surface area contributed by atoms with E-state index in [9.17, 15) is 0 Å². The molecule has 0 fully saturated rings. The number of unbranched alkanes of at least 4 members (excludes halogenated alkanes) is 1. The first-order valence-electron chi connectivity index (χ1n) is 6.65. The first-order valence-corrected chi connectivity index (χ1v) is 7.47. The minimum Gasteiger partial charge on any atom is -0.330 e. The molecule has 0 aliphatic rings. The molecular formula is C15H22N2S. The fourth-order valence-corrected chi connectivity index (χ4v) is 3.52. The Hall–Kier alpha value is -0.900. The van der Waals surface area contributed by atoms with Crippen LogP contribution in [0.25, 0.3) is 10.1 Å². The molecule has 2 rings (SSSR count). The lowest BCUT2D eigenvalue weighted by Gasteiger charge is -2.13. The summed E-state index contributed by atoms with van der Waals surface area (Å²) in [5.41, 5.74) is 6.93. The third-order valence-electron chi connectivity index (χ3n) is 3.36. The second kappa shape index (κ2) is 6.32. The van der Waals surface area contributed by atoms with Crippen molar-refractivity contribution in [1.29, 1.82) is 0 Å². The molecule has 0 amide bonds. The standard InChI is InChI=1S/C15H22N2S/c1-11-13-7-3-4-8-14(13)18-15(11)12(2)17-10-6-5-9-16/h3-4,7-8,12,17H,5-6,9-10,16H2,1-2H3. The van der Waals surface area contributed by atoms with Gasteiger partial charge in [0.05, 0.1) is 0 Å². The maximum atomic E-state index is 5.51. The van der Waals surface area contributed by atoms with E-state index in [0.717, 1.165) is 25.9 Å². The van der Waals surface area contributed by atoms with Crippen molar-refractivity contribution >= 4 is 21.4 Å². The molecular weight excluding hydrogens is 240 g/mol. The zero-order valence-corrected chi connectivity index (χ0v) is 12.0. The Bertz CT molecular complexity index is 504. The highest BCUT2D eigenvalue weighted by Crippen LogP contribution is 2.34. The van der Waals surface area contributed by atoms with E-state index in [0.29, 0.717) is 6.04 Å². The summed E-state index contributed by atoms with van der Waals surface area (Å²) >= 11 is 1.91. The first-order chi connectivity index (χ1) is 8.74. The number of benzene rings is 1. The van der Waals surface area contributed by atoms with Crippen LogP contribution in [0, 0.1) is 6.92 Å².